The maximum absolute atomic E-state index is 13.7. The van der Waals surface area contributed by atoms with E-state index in [0.717, 1.165) is 4.31 Å². The summed E-state index contributed by atoms with van der Waals surface area (Å²) in [4.78, 5) is 17.0. The molecule has 0 radical (unpaired) electrons. The van der Waals surface area contributed by atoms with Crippen LogP contribution in [0.4, 0.5) is 5.69 Å². The molecule has 0 saturated heterocycles. The van der Waals surface area contributed by atoms with Crippen LogP contribution < -0.4 is 13.8 Å². The number of fused-ring (bicyclic) bond motifs is 1. The first kappa shape index (κ1) is 25.5. The molecule has 184 valence electrons. The number of hydrogen-bond acceptors (Lipinski definition) is 7. The van der Waals surface area contributed by atoms with Crippen LogP contribution in [-0.4, -0.2) is 50.7 Å². The number of Topliss-reactive ketones (excluding diaryl/α,β-unsaturated/α-hetero) is 1. The summed E-state index contributed by atoms with van der Waals surface area (Å²) < 4.78 is 39.4. The highest BCUT2D eigenvalue weighted by molar-refractivity contribution is 7.93. The van der Waals surface area contributed by atoms with Crippen molar-refractivity contribution in [2.45, 2.75) is 17.4 Å². The van der Waals surface area contributed by atoms with Gasteiger partial charge in [-0.15, -0.1) is 0 Å². The Labute approximate surface area is 217 Å². The van der Waals surface area contributed by atoms with Crippen LogP contribution in [0, 0.1) is 0 Å². The molecule has 2 heterocycles. The van der Waals surface area contributed by atoms with Gasteiger partial charge in [-0.1, -0.05) is 40.9 Å². The van der Waals surface area contributed by atoms with E-state index in [1.807, 2.05) is 0 Å². The van der Waals surface area contributed by atoms with Crippen LogP contribution in [0.15, 0.2) is 53.6 Å². The number of ketones is 1. The Morgan fingerprint density at radius 1 is 1.20 bits per heavy atom. The Bertz CT molecular complexity index is 1380. The maximum Gasteiger partial charge on any atom is 0.268 e. The van der Waals surface area contributed by atoms with Gasteiger partial charge >= 0.3 is 0 Å². The van der Waals surface area contributed by atoms with Crippen molar-refractivity contribution < 1.29 is 27.8 Å². The predicted octanol–water partition coefficient (Wildman–Crippen LogP) is 4.42. The van der Waals surface area contributed by atoms with Crippen LogP contribution in [0.25, 0.3) is 0 Å². The number of sulfonamides is 1. The minimum Gasteiger partial charge on any atom is -0.495 e. The summed E-state index contributed by atoms with van der Waals surface area (Å²) in [5.41, 5.74) is 0.680. The van der Waals surface area contributed by atoms with Gasteiger partial charge in [-0.25, -0.2) is 13.4 Å². The molecule has 3 aromatic rings. The number of hydrogen-bond donors (Lipinski definition) is 1. The van der Waals surface area contributed by atoms with Gasteiger partial charge in [0.05, 0.1) is 35.9 Å². The molecule has 1 N–H and O–H groups in total. The molecule has 12 heteroatoms. The third-order valence-electron chi connectivity index (χ3n) is 5.31. The molecule has 4 rings (SSSR count). The number of nitrogens with zero attached hydrogens (tertiary/aromatic N) is 2. The fourth-order valence-electron chi connectivity index (χ4n) is 3.66. The number of carbonyl (C=O) groups is 1. The molecule has 0 fully saturated rings. The van der Waals surface area contributed by atoms with Gasteiger partial charge in [0.1, 0.15) is 22.4 Å². The molecular weight excluding hydrogens is 539 g/mol. The minimum absolute atomic E-state index is 0.00755. The molecule has 0 aliphatic carbocycles. The molecule has 35 heavy (non-hydrogen) atoms. The number of aliphatic hydroxyl groups excluding tert-OH is 1. The van der Waals surface area contributed by atoms with E-state index in [9.17, 15) is 18.3 Å². The van der Waals surface area contributed by atoms with Crippen LogP contribution in [0.5, 0.6) is 11.6 Å². The first-order chi connectivity index (χ1) is 16.6. The summed E-state index contributed by atoms with van der Waals surface area (Å²) in [5.74, 6) is -0.277. The van der Waals surface area contributed by atoms with Crippen molar-refractivity contribution in [1.82, 2.24) is 4.98 Å². The Kier molecular flexibility index (Phi) is 7.44. The molecule has 2 aromatic carbocycles. The second kappa shape index (κ2) is 10.2. The summed E-state index contributed by atoms with van der Waals surface area (Å²) in [6, 6.07) is 10.5. The van der Waals surface area contributed by atoms with Gasteiger partial charge in [0.25, 0.3) is 10.0 Å². The number of carbonyl (C=O) groups excluding carboxylic acids is 1. The first-order valence-electron chi connectivity index (χ1n) is 10.3. The fourth-order valence-corrected chi connectivity index (χ4v) is 6.17. The van der Waals surface area contributed by atoms with Crippen LogP contribution in [-0.2, 0) is 16.4 Å². The van der Waals surface area contributed by atoms with Gasteiger partial charge < -0.3 is 14.6 Å². The molecule has 0 spiro atoms. The van der Waals surface area contributed by atoms with Crippen molar-refractivity contribution >= 4 is 56.3 Å². The molecule has 1 atom stereocenters. The highest BCUT2D eigenvalue weighted by Gasteiger charge is 2.37. The third kappa shape index (κ3) is 5.05. The highest BCUT2D eigenvalue weighted by Crippen LogP contribution is 2.39. The number of methoxy groups -OCH3 is 1. The molecule has 8 nitrogen and oxygen atoms in total. The van der Waals surface area contributed by atoms with Gasteiger partial charge in [0, 0.05) is 17.6 Å². The lowest BCUT2D eigenvalue weighted by Gasteiger charge is -2.34. The zero-order valence-electron chi connectivity index (χ0n) is 18.2. The summed E-state index contributed by atoms with van der Waals surface area (Å²) in [6.07, 6.45) is 0.400. The lowest BCUT2D eigenvalue weighted by molar-refractivity contribution is 0.0992. The lowest BCUT2D eigenvalue weighted by atomic mass is 10.0. The quantitative estimate of drug-likeness (QED) is 0.429. The molecule has 0 amide bonds. The van der Waals surface area contributed by atoms with E-state index in [4.69, 9.17) is 44.3 Å². The van der Waals surface area contributed by atoms with E-state index in [0.29, 0.717) is 5.56 Å². The van der Waals surface area contributed by atoms with E-state index in [2.05, 4.69) is 4.98 Å². The molecule has 0 saturated carbocycles. The number of anilines is 1. The maximum atomic E-state index is 13.7. The largest absolute Gasteiger partial charge is 0.495 e. The predicted molar refractivity (Wildman–Crippen MR) is 133 cm³/mol. The van der Waals surface area contributed by atoms with Crippen molar-refractivity contribution in [3.05, 3.63) is 74.9 Å². The summed E-state index contributed by atoms with van der Waals surface area (Å²) in [5, 5.41) is 10.3. The van der Waals surface area contributed by atoms with Crippen LogP contribution >= 0.6 is 34.8 Å². The second-order valence-corrected chi connectivity index (χ2v) is 10.7. The van der Waals surface area contributed by atoms with E-state index in [1.165, 1.54) is 37.6 Å². The SMILES string of the molecule is COc1ccc(Cl)cc1S(=O)(=O)N1C[C@H](CO)Oc2ncc(CC(=O)c3c(Cl)cccc3Cl)cc21. The number of pyridine rings is 1. The molecule has 0 bridgehead atoms. The fraction of sp³-hybridized carbons (Fsp3) is 0.217. The van der Waals surface area contributed by atoms with Gasteiger partial charge in [-0.05, 0) is 42.0 Å². The van der Waals surface area contributed by atoms with Gasteiger partial charge in [0.15, 0.2) is 5.78 Å². The highest BCUT2D eigenvalue weighted by atomic mass is 35.5. The second-order valence-electron chi connectivity index (χ2n) is 7.62. The Morgan fingerprint density at radius 2 is 1.91 bits per heavy atom. The molecule has 1 aliphatic heterocycles. The van der Waals surface area contributed by atoms with Crippen molar-refractivity contribution in [2.75, 3.05) is 24.6 Å². The first-order valence-corrected chi connectivity index (χ1v) is 12.8. The Balaban J connectivity index is 1.76. The third-order valence-corrected chi connectivity index (χ3v) is 7.97. The number of aromatic nitrogens is 1. The van der Waals surface area contributed by atoms with Crippen molar-refractivity contribution in [3.8, 4) is 11.6 Å². The lowest BCUT2D eigenvalue weighted by Crippen LogP contribution is -2.45. The standard InChI is InChI=1S/C23H19Cl3N2O6S/c1-33-20-6-5-14(24)9-21(20)35(31,32)28-11-15(12-29)34-23-18(28)7-13(10-27-23)8-19(30)22-16(25)3-2-4-17(22)26/h2-7,9-10,15,29H,8,11-12H2,1H3/t15-/m1/s1. The monoisotopic (exact) mass is 556 g/mol. The van der Waals surface area contributed by atoms with Gasteiger partial charge in [0.2, 0.25) is 5.88 Å². The molecule has 0 unspecified atom stereocenters. The van der Waals surface area contributed by atoms with Crippen molar-refractivity contribution in [1.29, 1.82) is 0 Å². The van der Waals surface area contributed by atoms with E-state index >= 15 is 0 Å². The Hall–Kier alpha value is -2.56. The van der Waals surface area contributed by atoms with Crippen LogP contribution in [0.3, 0.4) is 0 Å². The van der Waals surface area contributed by atoms with Crippen LogP contribution in [0.2, 0.25) is 15.1 Å². The number of benzene rings is 2. The van der Waals surface area contributed by atoms with E-state index in [1.54, 1.807) is 18.2 Å². The molecule has 1 aromatic heterocycles. The van der Waals surface area contributed by atoms with Gasteiger partial charge in [-0.2, -0.15) is 0 Å². The summed E-state index contributed by atoms with van der Waals surface area (Å²) >= 11 is 18.4. The minimum atomic E-state index is -4.23. The topological polar surface area (TPSA) is 106 Å². The average Bonchev–Trinajstić information content (AvgIpc) is 2.83. The zero-order valence-corrected chi connectivity index (χ0v) is 21.3. The van der Waals surface area contributed by atoms with E-state index < -0.39 is 22.7 Å². The molecule has 1 aliphatic rings. The number of ether oxygens (including phenoxy) is 2. The smallest absolute Gasteiger partial charge is 0.268 e. The Morgan fingerprint density at radius 3 is 2.57 bits per heavy atom. The molecular formula is C23H19Cl3N2O6S. The van der Waals surface area contributed by atoms with E-state index in [-0.39, 0.29) is 61.6 Å². The normalized spacial score (nSPS) is 15.3. The van der Waals surface area contributed by atoms with Crippen molar-refractivity contribution in [3.63, 3.8) is 0 Å². The number of halogens is 3. The number of aliphatic hydroxyl groups is 1. The van der Waals surface area contributed by atoms with Gasteiger partial charge in [-0.3, -0.25) is 9.10 Å². The average molecular weight is 558 g/mol. The number of rotatable bonds is 7. The summed E-state index contributed by atoms with van der Waals surface area (Å²) in [6.45, 7) is -0.637. The van der Waals surface area contributed by atoms with Crippen molar-refractivity contribution in [2.24, 2.45) is 0 Å². The van der Waals surface area contributed by atoms with Crippen LogP contribution in [0.1, 0.15) is 15.9 Å². The summed E-state index contributed by atoms with van der Waals surface area (Å²) in [7, 11) is -2.88. The zero-order chi connectivity index (χ0) is 25.3.